The van der Waals surface area contributed by atoms with Gasteiger partial charge in [-0.3, -0.25) is 0 Å². The van der Waals surface area contributed by atoms with Gasteiger partial charge in [-0.15, -0.1) is 0 Å². The number of piperazine rings is 1. The Labute approximate surface area is 172 Å². The Morgan fingerprint density at radius 1 is 0.897 bits per heavy atom. The molecule has 2 heterocycles. The van der Waals surface area contributed by atoms with E-state index in [1.807, 2.05) is 67.6 Å². The van der Waals surface area contributed by atoms with Gasteiger partial charge in [0.1, 0.15) is 29.0 Å². The van der Waals surface area contributed by atoms with E-state index in [4.69, 9.17) is 4.74 Å². The summed E-state index contributed by atoms with van der Waals surface area (Å²) in [5.74, 6) is 4.19. The number of likely N-dealkylation sites (N-methyl/N-ethyl adjacent to an activating group) is 1. The molecule has 0 bridgehead atoms. The largest absolute Gasteiger partial charge is 0.457 e. The molecule has 0 amide bonds. The highest BCUT2D eigenvalue weighted by Gasteiger charge is 2.17. The van der Waals surface area contributed by atoms with E-state index in [-0.39, 0.29) is 0 Å². The molecule has 0 radical (unpaired) electrons. The molecule has 1 aliphatic heterocycles. The first-order valence-corrected chi connectivity index (χ1v) is 10.1. The number of aromatic nitrogens is 2. The van der Waals surface area contributed by atoms with E-state index in [0.717, 1.165) is 67.4 Å². The van der Waals surface area contributed by atoms with Crippen molar-refractivity contribution in [2.75, 3.05) is 42.9 Å². The Morgan fingerprint density at radius 2 is 1.59 bits per heavy atom. The van der Waals surface area contributed by atoms with Crippen LogP contribution in [0.5, 0.6) is 11.5 Å². The second-order valence-corrected chi connectivity index (χ2v) is 7.14. The summed E-state index contributed by atoms with van der Waals surface area (Å²) in [6.45, 7) is 9.39. The van der Waals surface area contributed by atoms with Gasteiger partial charge < -0.3 is 19.9 Å². The van der Waals surface area contributed by atoms with Crippen LogP contribution in [-0.4, -0.2) is 47.6 Å². The van der Waals surface area contributed by atoms with Crippen molar-refractivity contribution in [3.05, 3.63) is 66.5 Å². The molecule has 0 unspecified atom stereocenters. The highest BCUT2D eigenvalue weighted by atomic mass is 16.5. The molecule has 0 aliphatic carbocycles. The third-order valence-corrected chi connectivity index (χ3v) is 5.07. The minimum absolute atomic E-state index is 0.770. The molecule has 1 aliphatic rings. The van der Waals surface area contributed by atoms with Crippen LogP contribution < -0.4 is 15.0 Å². The summed E-state index contributed by atoms with van der Waals surface area (Å²) in [6.07, 6.45) is 0. The summed E-state index contributed by atoms with van der Waals surface area (Å²) in [5, 5.41) is 3.39. The zero-order valence-electron chi connectivity index (χ0n) is 17.0. The number of nitrogens with one attached hydrogen (secondary N) is 1. The van der Waals surface area contributed by atoms with Crippen LogP contribution in [0.25, 0.3) is 0 Å². The standard InChI is InChI=1S/C23H27N5O/c1-3-27-13-15-28(16-14-27)23-17-22(24-18(2)25-23)26-19-9-11-21(12-10-19)29-20-7-5-4-6-8-20/h4-12,17H,3,13-16H2,1-2H3,(H,24,25,26). The van der Waals surface area contributed by atoms with Crippen molar-refractivity contribution in [3.63, 3.8) is 0 Å². The van der Waals surface area contributed by atoms with Gasteiger partial charge in [-0.05, 0) is 49.9 Å². The smallest absolute Gasteiger partial charge is 0.136 e. The van der Waals surface area contributed by atoms with Crippen molar-refractivity contribution in [2.24, 2.45) is 0 Å². The molecular weight excluding hydrogens is 362 g/mol. The minimum atomic E-state index is 0.770. The van der Waals surface area contributed by atoms with Crippen LogP contribution in [0.15, 0.2) is 60.7 Å². The molecule has 6 heteroatoms. The van der Waals surface area contributed by atoms with Crippen molar-refractivity contribution in [2.45, 2.75) is 13.8 Å². The van der Waals surface area contributed by atoms with E-state index in [1.54, 1.807) is 0 Å². The summed E-state index contributed by atoms with van der Waals surface area (Å²) in [5.41, 5.74) is 0.963. The Morgan fingerprint density at radius 3 is 2.28 bits per heavy atom. The maximum Gasteiger partial charge on any atom is 0.136 e. The summed E-state index contributed by atoms with van der Waals surface area (Å²) in [6, 6.07) is 19.7. The van der Waals surface area contributed by atoms with Crippen LogP contribution in [0.4, 0.5) is 17.3 Å². The number of ether oxygens (including phenoxy) is 1. The molecule has 0 saturated carbocycles. The fraction of sp³-hybridized carbons (Fsp3) is 0.304. The molecule has 1 N–H and O–H groups in total. The lowest BCUT2D eigenvalue weighted by atomic mass is 10.3. The van der Waals surface area contributed by atoms with E-state index < -0.39 is 0 Å². The molecule has 150 valence electrons. The number of anilines is 3. The van der Waals surface area contributed by atoms with Crippen molar-refractivity contribution in [1.29, 1.82) is 0 Å². The Balaban J connectivity index is 1.43. The van der Waals surface area contributed by atoms with Gasteiger partial charge in [0.05, 0.1) is 0 Å². The second kappa shape index (κ2) is 8.92. The monoisotopic (exact) mass is 389 g/mol. The van der Waals surface area contributed by atoms with Gasteiger partial charge in [0, 0.05) is 37.9 Å². The Hall–Kier alpha value is -3.12. The SMILES string of the molecule is CCN1CCN(c2cc(Nc3ccc(Oc4ccccc4)cc3)nc(C)n2)CC1. The predicted molar refractivity (Wildman–Crippen MR) is 117 cm³/mol. The van der Waals surface area contributed by atoms with Gasteiger partial charge in [0.15, 0.2) is 0 Å². The normalized spacial score (nSPS) is 14.6. The van der Waals surface area contributed by atoms with Crippen molar-refractivity contribution < 1.29 is 4.74 Å². The first kappa shape index (κ1) is 19.2. The zero-order chi connectivity index (χ0) is 20.1. The molecule has 6 nitrogen and oxygen atoms in total. The Bertz CT molecular complexity index is 922. The van der Waals surface area contributed by atoms with Gasteiger partial charge in [-0.2, -0.15) is 0 Å². The minimum Gasteiger partial charge on any atom is -0.457 e. The van der Waals surface area contributed by atoms with Gasteiger partial charge in [-0.25, -0.2) is 9.97 Å². The first-order chi connectivity index (χ1) is 14.2. The molecule has 0 atom stereocenters. The van der Waals surface area contributed by atoms with Crippen LogP contribution in [-0.2, 0) is 0 Å². The van der Waals surface area contributed by atoms with Gasteiger partial charge >= 0.3 is 0 Å². The average Bonchev–Trinajstić information content (AvgIpc) is 2.75. The fourth-order valence-electron chi connectivity index (χ4n) is 3.45. The van der Waals surface area contributed by atoms with E-state index >= 15 is 0 Å². The second-order valence-electron chi connectivity index (χ2n) is 7.14. The molecule has 3 aromatic rings. The highest BCUT2D eigenvalue weighted by Crippen LogP contribution is 2.25. The quantitative estimate of drug-likeness (QED) is 0.672. The Kier molecular flexibility index (Phi) is 5.91. The van der Waals surface area contributed by atoms with E-state index in [0.29, 0.717) is 0 Å². The zero-order valence-corrected chi connectivity index (χ0v) is 17.0. The maximum atomic E-state index is 5.85. The maximum absolute atomic E-state index is 5.85. The third-order valence-electron chi connectivity index (χ3n) is 5.07. The molecule has 29 heavy (non-hydrogen) atoms. The summed E-state index contributed by atoms with van der Waals surface area (Å²) < 4.78 is 5.85. The lowest BCUT2D eigenvalue weighted by molar-refractivity contribution is 0.270. The van der Waals surface area contributed by atoms with Crippen LogP contribution in [0, 0.1) is 6.92 Å². The van der Waals surface area contributed by atoms with Crippen molar-refractivity contribution >= 4 is 17.3 Å². The van der Waals surface area contributed by atoms with E-state index in [9.17, 15) is 0 Å². The van der Waals surface area contributed by atoms with Crippen LogP contribution in [0.1, 0.15) is 12.7 Å². The van der Waals surface area contributed by atoms with Crippen LogP contribution >= 0.6 is 0 Å². The van der Waals surface area contributed by atoms with E-state index in [2.05, 4.69) is 32.0 Å². The van der Waals surface area contributed by atoms with Crippen LogP contribution in [0.2, 0.25) is 0 Å². The van der Waals surface area contributed by atoms with Gasteiger partial charge in [0.2, 0.25) is 0 Å². The first-order valence-electron chi connectivity index (χ1n) is 10.1. The summed E-state index contributed by atoms with van der Waals surface area (Å²) in [4.78, 5) is 14.0. The summed E-state index contributed by atoms with van der Waals surface area (Å²) >= 11 is 0. The molecular formula is C23H27N5O. The molecule has 2 aromatic carbocycles. The average molecular weight is 390 g/mol. The topological polar surface area (TPSA) is 53.5 Å². The van der Waals surface area contributed by atoms with Crippen LogP contribution in [0.3, 0.4) is 0 Å². The number of rotatable bonds is 6. The van der Waals surface area contributed by atoms with Crippen molar-refractivity contribution in [3.8, 4) is 11.5 Å². The number of nitrogens with zero attached hydrogens (tertiary/aromatic N) is 4. The molecule has 1 saturated heterocycles. The fourth-order valence-corrected chi connectivity index (χ4v) is 3.45. The number of benzene rings is 2. The molecule has 4 rings (SSSR count). The lowest BCUT2D eigenvalue weighted by Gasteiger charge is -2.34. The molecule has 0 spiro atoms. The number of hydrogen-bond donors (Lipinski definition) is 1. The van der Waals surface area contributed by atoms with E-state index in [1.165, 1.54) is 0 Å². The predicted octanol–water partition coefficient (Wildman–Crippen LogP) is 4.46. The molecule has 1 fully saturated rings. The molecule has 1 aromatic heterocycles. The number of para-hydroxylation sites is 1. The van der Waals surface area contributed by atoms with Gasteiger partial charge in [-0.1, -0.05) is 25.1 Å². The highest BCUT2D eigenvalue weighted by molar-refractivity contribution is 5.60. The third kappa shape index (κ3) is 5.03. The number of aryl methyl sites for hydroxylation is 1. The lowest BCUT2D eigenvalue weighted by Crippen LogP contribution is -2.46. The summed E-state index contributed by atoms with van der Waals surface area (Å²) in [7, 11) is 0. The number of hydrogen-bond acceptors (Lipinski definition) is 6. The van der Waals surface area contributed by atoms with Crippen molar-refractivity contribution in [1.82, 2.24) is 14.9 Å². The van der Waals surface area contributed by atoms with Gasteiger partial charge in [0.25, 0.3) is 0 Å².